The van der Waals surface area contributed by atoms with E-state index in [0.717, 1.165) is 28.1 Å². The molecular formula is C15H13N5. The van der Waals surface area contributed by atoms with Crippen molar-refractivity contribution in [1.82, 2.24) is 19.5 Å². The van der Waals surface area contributed by atoms with Crippen molar-refractivity contribution in [3.8, 4) is 17.5 Å². The highest BCUT2D eigenvalue weighted by Crippen LogP contribution is 2.23. The fourth-order valence-electron chi connectivity index (χ4n) is 2.20. The highest BCUT2D eigenvalue weighted by atomic mass is 15.1. The third-order valence-corrected chi connectivity index (χ3v) is 3.09. The number of nitrogens with zero attached hydrogens (tertiary/aromatic N) is 5. The van der Waals surface area contributed by atoms with Gasteiger partial charge >= 0.3 is 0 Å². The molecule has 98 valence electrons. The summed E-state index contributed by atoms with van der Waals surface area (Å²) in [5.74, 6) is 0.807. The first-order chi connectivity index (χ1) is 9.79. The van der Waals surface area contributed by atoms with Gasteiger partial charge in [-0.3, -0.25) is 4.98 Å². The maximum Gasteiger partial charge on any atom is 0.160 e. The molecule has 0 aromatic carbocycles. The number of fused-ring (bicyclic) bond motifs is 1. The Morgan fingerprint density at radius 2 is 2.25 bits per heavy atom. The van der Waals surface area contributed by atoms with E-state index in [0.29, 0.717) is 13.0 Å². The maximum atomic E-state index is 8.83. The Bertz CT molecular complexity index is 783. The zero-order chi connectivity index (χ0) is 13.9. The summed E-state index contributed by atoms with van der Waals surface area (Å²) in [6.07, 6.45) is 5.75. The van der Waals surface area contributed by atoms with Crippen LogP contribution in [0.4, 0.5) is 0 Å². The number of aryl methyl sites for hydroxylation is 2. The van der Waals surface area contributed by atoms with Gasteiger partial charge in [0.1, 0.15) is 11.3 Å². The molecule has 0 saturated carbocycles. The van der Waals surface area contributed by atoms with E-state index in [9.17, 15) is 0 Å². The molecule has 0 amide bonds. The topological polar surface area (TPSA) is 67.4 Å². The molecule has 3 heterocycles. The van der Waals surface area contributed by atoms with Crippen LogP contribution < -0.4 is 0 Å². The normalized spacial score (nSPS) is 10.6. The van der Waals surface area contributed by atoms with E-state index < -0.39 is 0 Å². The summed E-state index contributed by atoms with van der Waals surface area (Å²) < 4.78 is 1.98. The molecule has 0 saturated heterocycles. The molecule has 0 aliphatic carbocycles. The number of hydrogen-bond acceptors (Lipinski definition) is 4. The Kier molecular flexibility index (Phi) is 3.13. The van der Waals surface area contributed by atoms with Crippen molar-refractivity contribution >= 4 is 11.2 Å². The van der Waals surface area contributed by atoms with E-state index in [-0.39, 0.29) is 0 Å². The molecule has 3 aromatic rings. The first kappa shape index (κ1) is 12.3. The fourth-order valence-corrected chi connectivity index (χ4v) is 2.20. The first-order valence-corrected chi connectivity index (χ1v) is 6.40. The lowest BCUT2D eigenvalue weighted by molar-refractivity contribution is 0.737. The molecule has 0 spiro atoms. The highest BCUT2D eigenvalue weighted by Gasteiger charge is 2.13. The highest BCUT2D eigenvalue weighted by molar-refractivity contribution is 5.77. The van der Waals surface area contributed by atoms with Crippen molar-refractivity contribution in [3.05, 3.63) is 42.4 Å². The lowest BCUT2D eigenvalue weighted by Gasteiger charge is -2.05. The molecule has 0 aliphatic heterocycles. The van der Waals surface area contributed by atoms with Crippen molar-refractivity contribution < 1.29 is 0 Å². The van der Waals surface area contributed by atoms with Crippen LogP contribution in [-0.4, -0.2) is 19.5 Å². The van der Waals surface area contributed by atoms with Gasteiger partial charge in [0.15, 0.2) is 5.65 Å². The van der Waals surface area contributed by atoms with Crippen LogP contribution in [0.2, 0.25) is 0 Å². The second-order valence-electron chi connectivity index (χ2n) is 4.59. The lowest BCUT2D eigenvalue weighted by atomic mass is 10.2. The van der Waals surface area contributed by atoms with Gasteiger partial charge in [0.05, 0.1) is 12.5 Å². The molecule has 3 aromatic heterocycles. The van der Waals surface area contributed by atoms with Gasteiger partial charge in [0, 0.05) is 30.7 Å². The maximum absolute atomic E-state index is 8.83. The number of aromatic nitrogens is 4. The van der Waals surface area contributed by atoms with Crippen LogP contribution in [-0.2, 0) is 6.54 Å². The molecule has 5 nitrogen and oxygen atoms in total. The van der Waals surface area contributed by atoms with Crippen molar-refractivity contribution in [2.45, 2.75) is 19.9 Å². The van der Waals surface area contributed by atoms with Crippen LogP contribution in [0.1, 0.15) is 12.0 Å². The molecule has 20 heavy (non-hydrogen) atoms. The van der Waals surface area contributed by atoms with Gasteiger partial charge in [-0.2, -0.15) is 5.26 Å². The summed E-state index contributed by atoms with van der Waals surface area (Å²) in [5, 5.41) is 8.83. The predicted octanol–water partition coefficient (Wildman–Crippen LogP) is 2.72. The Labute approximate surface area is 116 Å². The minimum Gasteiger partial charge on any atom is -0.308 e. The third kappa shape index (κ3) is 2.12. The third-order valence-electron chi connectivity index (χ3n) is 3.09. The Hall–Kier alpha value is -2.74. The van der Waals surface area contributed by atoms with Crippen molar-refractivity contribution in [1.29, 1.82) is 5.26 Å². The van der Waals surface area contributed by atoms with Gasteiger partial charge < -0.3 is 4.57 Å². The van der Waals surface area contributed by atoms with E-state index in [4.69, 9.17) is 5.26 Å². The summed E-state index contributed by atoms with van der Waals surface area (Å²) in [6.45, 7) is 2.57. The molecule has 0 aliphatic rings. The molecule has 0 bridgehead atoms. The van der Waals surface area contributed by atoms with Crippen LogP contribution >= 0.6 is 0 Å². The molecule has 0 atom stereocenters. The molecule has 0 radical (unpaired) electrons. The predicted molar refractivity (Wildman–Crippen MR) is 75.7 cm³/mol. The van der Waals surface area contributed by atoms with Gasteiger partial charge in [-0.25, -0.2) is 9.97 Å². The van der Waals surface area contributed by atoms with Crippen LogP contribution in [0, 0.1) is 18.3 Å². The van der Waals surface area contributed by atoms with E-state index in [2.05, 4.69) is 21.0 Å². The molecule has 0 unspecified atom stereocenters. The van der Waals surface area contributed by atoms with Crippen LogP contribution in [0.25, 0.3) is 22.6 Å². The van der Waals surface area contributed by atoms with Gasteiger partial charge in [-0.15, -0.1) is 0 Å². The molecule has 5 heteroatoms. The Morgan fingerprint density at radius 3 is 3.00 bits per heavy atom. The summed E-state index contributed by atoms with van der Waals surface area (Å²) in [5.41, 5.74) is 3.66. The number of pyridine rings is 2. The number of nitriles is 1. The second kappa shape index (κ2) is 5.10. The molecule has 3 rings (SSSR count). The number of hydrogen-bond donors (Lipinski definition) is 0. The largest absolute Gasteiger partial charge is 0.308 e. The van der Waals surface area contributed by atoms with Crippen molar-refractivity contribution in [3.63, 3.8) is 0 Å². The van der Waals surface area contributed by atoms with E-state index in [1.165, 1.54) is 0 Å². The van der Waals surface area contributed by atoms with E-state index in [1.807, 2.05) is 35.9 Å². The first-order valence-electron chi connectivity index (χ1n) is 6.40. The van der Waals surface area contributed by atoms with Crippen molar-refractivity contribution in [2.24, 2.45) is 0 Å². The Balaban J connectivity index is 2.22. The average molecular weight is 263 g/mol. The second-order valence-corrected chi connectivity index (χ2v) is 4.59. The fraction of sp³-hybridized carbons (Fsp3) is 0.200. The lowest BCUT2D eigenvalue weighted by Crippen LogP contribution is -2.01. The summed E-state index contributed by atoms with van der Waals surface area (Å²) in [6, 6.07) is 8.01. The van der Waals surface area contributed by atoms with Gasteiger partial charge in [0.2, 0.25) is 0 Å². The smallest absolute Gasteiger partial charge is 0.160 e. The quantitative estimate of drug-likeness (QED) is 0.728. The minimum absolute atomic E-state index is 0.425. The number of rotatable bonds is 3. The zero-order valence-corrected chi connectivity index (χ0v) is 11.1. The summed E-state index contributed by atoms with van der Waals surface area (Å²) in [4.78, 5) is 13.2. The van der Waals surface area contributed by atoms with E-state index in [1.54, 1.807) is 12.4 Å². The number of imidazole rings is 1. The van der Waals surface area contributed by atoms with Gasteiger partial charge in [-0.1, -0.05) is 0 Å². The molecule has 0 fully saturated rings. The summed E-state index contributed by atoms with van der Waals surface area (Å²) >= 11 is 0. The summed E-state index contributed by atoms with van der Waals surface area (Å²) in [7, 11) is 0. The van der Waals surface area contributed by atoms with Gasteiger partial charge in [-0.05, 0) is 30.7 Å². The van der Waals surface area contributed by atoms with Crippen LogP contribution in [0.15, 0.2) is 36.8 Å². The van der Waals surface area contributed by atoms with Crippen LogP contribution in [0.5, 0.6) is 0 Å². The van der Waals surface area contributed by atoms with Crippen molar-refractivity contribution in [2.75, 3.05) is 0 Å². The van der Waals surface area contributed by atoms with E-state index >= 15 is 0 Å². The standard InChI is InChI=1S/C15H13N5/c1-11-8-13-15(18-9-11)20(7-3-5-16)14(19-13)12-4-2-6-17-10-12/h2,4,6,8-10H,3,7H2,1H3. The average Bonchev–Trinajstić information content (AvgIpc) is 2.83. The minimum atomic E-state index is 0.425. The molecular weight excluding hydrogens is 250 g/mol. The monoisotopic (exact) mass is 263 g/mol. The SMILES string of the molecule is Cc1cnc2c(c1)nc(-c1cccnc1)n2CCC#N. The molecule has 0 N–H and O–H groups in total. The van der Waals surface area contributed by atoms with Gasteiger partial charge in [0.25, 0.3) is 0 Å². The Morgan fingerprint density at radius 1 is 1.35 bits per heavy atom. The van der Waals surface area contributed by atoms with Crippen LogP contribution in [0.3, 0.4) is 0 Å². The zero-order valence-electron chi connectivity index (χ0n) is 11.1.